The fourth-order valence-corrected chi connectivity index (χ4v) is 4.62. The third-order valence-electron chi connectivity index (χ3n) is 3.87. The lowest BCUT2D eigenvalue weighted by Gasteiger charge is -2.32. The normalized spacial score (nSPS) is 20.9. The van der Waals surface area contributed by atoms with E-state index in [0.29, 0.717) is 18.0 Å². The predicted molar refractivity (Wildman–Crippen MR) is 88.0 cm³/mol. The van der Waals surface area contributed by atoms with Gasteiger partial charge in [0.25, 0.3) is 0 Å². The van der Waals surface area contributed by atoms with Gasteiger partial charge in [-0.25, -0.2) is 0 Å². The van der Waals surface area contributed by atoms with Gasteiger partial charge < -0.3 is 10.2 Å². The summed E-state index contributed by atoms with van der Waals surface area (Å²) in [6.45, 7) is 5.73. The molecule has 0 saturated carbocycles. The van der Waals surface area contributed by atoms with Gasteiger partial charge in [0.05, 0.1) is 3.79 Å². The van der Waals surface area contributed by atoms with Crippen LogP contribution in [0.2, 0.25) is 0 Å². The fourth-order valence-electron chi connectivity index (χ4n) is 2.80. The maximum absolute atomic E-state index is 3.90. The van der Waals surface area contributed by atoms with E-state index in [1.54, 1.807) is 4.88 Å². The second-order valence-electron chi connectivity index (χ2n) is 6.15. The molecule has 0 amide bonds. The average molecular weight is 345 g/mol. The molecule has 2 nitrogen and oxygen atoms in total. The molecule has 2 rings (SSSR count). The van der Waals surface area contributed by atoms with E-state index in [-0.39, 0.29) is 0 Å². The molecule has 1 aliphatic carbocycles. The largest absolute Gasteiger partial charge is 0.308 e. The number of rotatable bonds is 5. The number of likely N-dealkylation sites (N-methyl/N-ethyl adjacent to an activating group) is 1. The van der Waals surface area contributed by atoms with Gasteiger partial charge >= 0.3 is 0 Å². The zero-order valence-corrected chi connectivity index (χ0v) is 14.8. The van der Waals surface area contributed by atoms with Crippen molar-refractivity contribution in [2.24, 2.45) is 5.92 Å². The fraction of sp³-hybridized carbons (Fsp3) is 0.733. The van der Waals surface area contributed by atoms with Crippen molar-refractivity contribution in [3.63, 3.8) is 0 Å². The number of hydrogen-bond acceptors (Lipinski definition) is 3. The number of aryl methyl sites for hydroxylation is 1. The van der Waals surface area contributed by atoms with Crippen LogP contribution >= 0.6 is 27.3 Å². The highest BCUT2D eigenvalue weighted by Crippen LogP contribution is 2.38. The van der Waals surface area contributed by atoms with Crippen LogP contribution in [0.3, 0.4) is 0 Å². The minimum Gasteiger partial charge on any atom is -0.308 e. The molecule has 0 radical (unpaired) electrons. The first-order valence-electron chi connectivity index (χ1n) is 7.16. The lowest BCUT2D eigenvalue weighted by atomic mass is 9.92. The summed E-state index contributed by atoms with van der Waals surface area (Å²) in [5.41, 5.74) is 1.53. The molecule has 0 fully saturated rings. The molecule has 1 N–H and O–H groups in total. The Kier molecular flexibility index (Phi) is 5.46. The molecule has 19 heavy (non-hydrogen) atoms. The zero-order valence-electron chi connectivity index (χ0n) is 12.4. The lowest BCUT2D eigenvalue weighted by Crippen LogP contribution is -2.44. The van der Waals surface area contributed by atoms with Gasteiger partial charge in [0.1, 0.15) is 0 Å². The Bertz CT molecular complexity index is 414. The molecule has 1 aromatic rings. The second-order valence-corrected chi connectivity index (χ2v) is 8.67. The minimum absolute atomic E-state index is 0.540. The topological polar surface area (TPSA) is 15.3 Å². The van der Waals surface area contributed by atoms with Gasteiger partial charge in [0, 0.05) is 23.5 Å². The maximum atomic E-state index is 3.90. The number of thiophene rings is 1. The van der Waals surface area contributed by atoms with Gasteiger partial charge in [0.15, 0.2) is 0 Å². The quantitative estimate of drug-likeness (QED) is 0.866. The highest BCUT2D eigenvalue weighted by Gasteiger charge is 2.26. The van der Waals surface area contributed by atoms with Crippen LogP contribution in [0.5, 0.6) is 0 Å². The van der Waals surface area contributed by atoms with E-state index >= 15 is 0 Å². The van der Waals surface area contributed by atoms with Crippen LogP contribution in [-0.2, 0) is 6.42 Å². The summed E-state index contributed by atoms with van der Waals surface area (Å²) < 4.78 is 1.28. The van der Waals surface area contributed by atoms with Gasteiger partial charge in [-0.3, -0.25) is 0 Å². The van der Waals surface area contributed by atoms with Gasteiger partial charge in [-0.1, -0.05) is 13.8 Å². The molecule has 2 atom stereocenters. The second kappa shape index (κ2) is 6.70. The van der Waals surface area contributed by atoms with Crippen molar-refractivity contribution in [2.45, 2.75) is 45.2 Å². The Morgan fingerprint density at radius 2 is 2.21 bits per heavy atom. The first-order valence-corrected chi connectivity index (χ1v) is 8.77. The van der Waals surface area contributed by atoms with Crippen LogP contribution in [0.15, 0.2) is 9.85 Å². The van der Waals surface area contributed by atoms with Gasteiger partial charge in [-0.15, -0.1) is 11.3 Å². The number of fused-ring (bicyclic) bond motifs is 1. The number of halogens is 1. The summed E-state index contributed by atoms with van der Waals surface area (Å²) in [6, 6.07) is 3.42. The Labute approximate surface area is 129 Å². The van der Waals surface area contributed by atoms with Crippen molar-refractivity contribution >= 4 is 27.3 Å². The molecule has 108 valence electrons. The average Bonchev–Trinajstić information content (AvgIpc) is 2.68. The molecule has 0 aromatic carbocycles. The molecule has 1 heterocycles. The van der Waals surface area contributed by atoms with Gasteiger partial charge in [-0.05, 0) is 66.8 Å². The SMILES string of the molecule is CC(C)C(CN(C)C)NC1CCCc2sc(Br)cc21. The Morgan fingerprint density at radius 3 is 2.84 bits per heavy atom. The summed E-state index contributed by atoms with van der Waals surface area (Å²) in [5, 5.41) is 3.90. The number of nitrogens with one attached hydrogen (secondary N) is 1. The summed E-state index contributed by atoms with van der Waals surface area (Å²) >= 11 is 5.55. The van der Waals surface area contributed by atoms with Crippen LogP contribution in [0, 0.1) is 5.92 Å². The molecule has 4 heteroatoms. The van der Waals surface area contributed by atoms with Crippen LogP contribution in [-0.4, -0.2) is 31.6 Å². The Morgan fingerprint density at radius 1 is 1.47 bits per heavy atom. The van der Waals surface area contributed by atoms with E-state index in [4.69, 9.17) is 0 Å². The number of nitrogens with zero attached hydrogens (tertiary/aromatic N) is 1. The van der Waals surface area contributed by atoms with Crippen LogP contribution in [0.1, 0.15) is 43.2 Å². The van der Waals surface area contributed by atoms with Crippen LogP contribution < -0.4 is 5.32 Å². The lowest BCUT2D eigenvalue weighted by molar-refractivity contribution is 0.261. The van der Waals surface area contributed by atoms with Crippen molar-refractivity contribution in [1.82, 2.24) is 10.2 Å². The third-order valence-corrected chi connectivity index (χ3v) is 5.58. The van der Waals surface area contributed by atoms with E-state index < -0.39 is 0 Å². The molecule has 1 aromatic heterocycles. The Balaban J connectivity index is 2.09. The van der Waals surface area contributed by atoms with Crippen molar-refractivity contribution in [2.75, 3.05) is 20.6 Å². The van der Waals surface area contributed by atoms with Gasteiger partial charge in [-0.2, -0.15) is 0 Å². The van der Waals surface area contributed by atoms with Crippen molar-refractivity contribution < 1.29 is 0 Å². The summed E-state index contributed by atoms with van der Waals surface area (Å²) in [5.74, 6) is 0.662. The van der Waals surface area contributed by atoms with E-state index in [1.807, 2.05) is 11.3 Å². The molecule has 1 aliphatic rings. The van der Waals surface area contributed by atoms with Crippen molar-refractivity contribution in [3.05, 3.63) is 20.3 Å². The van der Waals surface area contributed by atoms with E-state index in [0.717, 1.165) is 6.54 Å². The monoisotopic (exact) mass is 344 g/mol. The molecule has 0 bridgehead atoms. The molecule has 0 aliphatic heterocycles. The first-order chi connectivity index (χ1) is 8.97. The smallest absolute Gasteiger partial charge is 0.0704 e. The molecular weight excluding hydrogens is 320 g/mol. The molecule has 0 spiro atoms. The summed E-state index contributed by atoms with van der Waals surface area (Å²) in [4.78, 5) is 3.85. The predicted octanol–water partition coefficient (Wildman–Crippen LogP) is 4.06. The minimum atomic E-state index is 0.540. The zero-order chi connectivity index (χ0) is 14.0. The van der Waals surface area contributed by atoms with Crippen molar-refractivity contribution in [1.29, 1.82) is 0 Å². The third kappa shape index (κ3) is 4.03. The van der Waals surface area contributed by atoms with Gasteiger partial charge in [0.2, 0.25) is 0 Å². The molecule has 0 saturated heterocycles. The van der Waals surface area contributed by atoms with E-state index in [1.165, 1.54) is 28.6 Å². The van der Waals surface area contributed by atoms with E-state index in [9.17, 15) is 0 Å². The van der Waals surface area contributed by atoms with Crippen LogP contribution in [0.4, 0.5) is 0 Å². The maximum Gasteiger partial charge on any atom is 0.0704 e. The van der Waals surface area contributed by atoms with Crippen molar-refractivity contribution in [3.8, 4) is 0 Å². The highest BCUT2D eigenvalue weighted by atomic mass is 79.9. The summed E-state index contributed by atoms with van der Waals surface area (Å²) in [6.07, 6.45) is 3.83. The molecular formula is C15H25BrN2S. The molecule has 2 unspecified atom stereocenters. The number of hydrogen-bond donors (Lipinski definition) is 1. The van der Waals surface area contributed by atoms with E-state index in [2.05, 4.69) is 60.2 Å². The highest BCUT2D eigenvalue weighted by molar-refractivity contribution is 9.11. The Hall–Kier alpha value is 0.100. The summed E-state index contributed by atoms with van der Waals surface area (Å²) in [7, 11) is 4.31. The van der Waals surface area contributed by atoms with Crippen LogP contribution in [0.25, 0.3) is 0 Å². The first kappa shape index (κ1) is 15.5. The standard InChI is InChI=1S/C15H25BrN2S/c1-10(2)13(9-18(3)4)17-12-6-5-7-14-11(12)8-15(16)19-14/h8,10,12-13,17H,5-7,9H2,1-4H3.